The van der Waals surface area contributed by atoms with Crippen molar-refractivity contribution >= 4 is 64.6 Å². The second kappa shape index (κ2) is 24.0. The van der Waals surface area contributed by atoms with Gasteiger partial charge in [0, 0.05) is 27.7 Å². The van der Waals surface area contributed by atoms with Crippen LogP contribution in [0.4, 0.5) is 0 Å². The molecule has 0 unspecified atom stereocenters. The summed E-state index contributed by atoms with van der Waals surface area (Å²) < 4.78 is 58.7. The topological polar surface area (TPSA) is 199 Å². The predicted octanol–water partition coefficient (Wildman–Crippen LogP) is 4.99. The van der Waals surface area contributed by atoms with Crippen LogP contribution in [-0.2, 0) is 96.0 Å². The Hall–Kier alpha value is -4.40. The Morgan fingerprint density at radius 1 is 0.540 bits per heavy atom. The van der Waals surface area contributed by atoms with Gasteiger partial charge in [-0.3, -0.25) is 24.0 Å². The normalized spacial score (nSPS) is 25.9. The summed E-state index contributed by atoms with van der Waals surface area (Å²) in [6.45, 7) is 3.99. The van der Waals surface area contributed by atoms with Crippen LogP contribution < -0.4 is 5.48 Å². The number of carbonyl (C=O) groups is 5. The first-order chi connectivity index (χ1) is 30.1. The highest BCUT2D eigenvalue weighted by atomic mass is 35.6. The Bertz CT molecular complexity index is 1940. The van der Waals surface area contributed by atoms with Gasteiger partial charge >= 0.3 is 23.9 Å². The van der Waals surface area contributed by atoms with E-state index < -0.39 is 102 Å². The summed E-state index contributed by atoms with van der Waals surface area (Å²) in [5.74, 6) is -4.55. The van der Waals surface area contributed by atoms with Crippen LogP contribution >= 0.6 is 34.8 Å². The number of hydrogen-bond donors (Lipinski definition) is 1. The summed E-state index contributed by atoms with van der Waals surface area (Å²) in [4.78, 5) is 68.6. The first-order valence-corrected chi connectivity index (χ1v) is 20.8. The third kappa shape index (κ3) is 15.4. The van der Waals surface area contributed by atoms with E-state index in [9.17, 15) is 24.0 Å². The second-order valence-electron chi connectivity index (χ2n) is 14.3. The fraction of sp³-hybridized carbons (Fsp3) is 0.465. The molecule has 2 fully saturated rings. The lowest BCUT2D eigenvalue weighted by Crippen LogP contribution is -2.67. The number of hydroxylamine groups is 1. The average Bonchev–Trinajstić information content (AvgIpc) is 3.23. The van der Waals surface area contributed by atoms with Gasteiger partial charge in [-0.2, -0.15) is 0 Å². The van der Waals surface area contributed by atoms with Crippen molar-refractivity contribution in [2.75, 3.05) is 13.2 Å². The quantitative estimate of drug-likeness (QED) is 0.0730. The molecular weight excluding hydrogens is 893 g/mol. The van der Waals surface area contributed by atoms with Crippen LogP contribution in [0.2, 0.25) is 0 Å². The molecule has 0 radical (unpaired) electrons. The standard InChI is InChI=1S/C43H48Cl3NO16/c1-25(48)54-24-33-35(57-26(2)49)37(39(59-28(4)51)41(61-33)63-47-42(52)43(44,45)46)62-40-38(58-27(3)50)36(56-22-31-18-12-7-13-19-31)34(55-21-30-16-10-6-11-17-30)32(60-40)23-53-20-29-14-8-5-9-15-29/h5-19,32-41H,20-24H2,1-4H3,(H,47,52)/t32-,33-,34-,35-,36+,37+,38+,39+,40-,41-/m1/s1. The molecule has 1 amide bonds. The van der Waals surface area contributed by atoms with Crippen LogP contribution in [0.1, 0.15) is 44.4 Å². The van der Waals surface area contributed by atoms with Gasteiger partial charge < -0.3 is 47.4 Å². The number of rotatable bonds is 19. The van der Waals surface area contributed by atoms with Gasteiger partial charge in [0.1, 0.15) is 37.1 Å². The fourth-order valence-electron chi connectivity index (χ4n) is 6.67. The summed E-state index contributed by atoms with van der Waals surface area (Å²) in [6.07, 6.45) is -14.5. The van der Waals surface area contributed by atoms with Crippen molar-refractivity contribution in [1.82, 2.24) is 5.48 Å². The molecule has 1 N–H and O–H groups in total. The van der Waals surface area contributed by atoms with Gasteiger partial charge in [-0.05, 0) is 16.7 Å². The van der Waals surface area contributed by atoms with E-state index in [2.05, 4.69) is 0 Å². The number of ether oxygens (including phenoxy) is 10. The lowest BCUT2D eigenvalue weighted by Gasteiger charge is -2.49. The van der Waals surface area contributed by atoms with Gasteiger partial charge in [0.05, 0.1) is 26.4 Å². The molecule has 5 rings (SSSR count). The number of carbonyl (C=O) groups excluding carboxylic acids is 5. The third-order valence-corrected chi connectivity index (χ3v) is 9.84. The Balaban J connectivity index is 1.60. The Morgan fingerprint density at radius 2 is 0.984 bits per heavy atom. The van der Waals surface area contributed by atoms with E-state index in [-0.39, 0.29) is 26.4 Å². The molecular formula is C43H48Cl3NO16. The van der Waals surface area contributed by atoms with Gasteiger partial charge in [0.2, 0.25) is 6.29 Å². The highest BCUT2D eigenvalue weighted by Crippen LogP contribution is 2.36. The number of benzene rings is 3. The summed E-state index contributed by atoms with van der Waals surface area (Å²) in [5, 5.41) is 0. The summed E-state index contributed by atoms with van der Waals surface area (Å²) >= 11 is 17.2. The number of halogens is 3. The monoisotopic (exact) mass is 939 g/mol. The predicted molar refractivity (Wildman–Crippen MR) is 221 cm³/mol. The molecule has 20 heteroatoms. The SMILES string of the molecule is CC(=O)OC[C@H]1O[C@H](ONC(=O)C(Cl)(Cl)Cl)[C@@H](OC(C)=O)[C@@H](O[C@H]2O[C@H](COCc3ccccc3)[C@@H](OCc3ccccc3)[C@H](OCc3ccccc3)[C@@H]2OC(C)=O)[C@@H]1OC(C)=O. The van der Waals surface area contributed by atoms with Gasteiger partial charge in [0.25, 0.3) is 9.70 Å². The van der Waals surface area contributed by atoms with E-state index in [1.807, 2.05) is 96.5 Å². The Morgan fingerprint density at radius 3 is 1.48 bits per heavy atom. The van der Waals surface area contributed by atoms with Crippen molar-refractivity contribution in [1.29, 1.82) is 0 Å². The number of amides is 1. The molecule has 2 saturated heterocycles. The van der Waals surface area contributed by atoms with Crippen molar-refractivity contribution in [3.8, 4) is 0 Å². The zero-order valence-corrected chi connectivity index (χ0v) is 36.9. The van der Waals surface area contributed by atoms with Crippen LogP contribution in [0.5, 0.6) is 0 Å². The van der Waals surface area contributed by atoms with Gasteiger partial charge in [-0.15, -0.1) is 0 Å². The maximum Gasteiger partial charge on any atom is 0.303 e. The van der Waals surface area contributed by atoms with E-state index in [0.29, 0.717) is 0 Å². The van der Waals surface area contributed by atoms with Crippen molar-refractivity contribution < 1.29 is 76.2 Å². The second-order valence-corrected chi connectivity index (χ2v) is 16.6. The Labute approximate surface area is 378 Å². The number of nitrogens with one attached hydrogen (secondary N) is 1. The molecule has 17 nitrogen and oxygen atoms in total. The van der Waals surface area contributed by atoms with Crippen LogP contribution in [0.15, 0.2) is 91.0 Å². The summed E-state index contributed by atoms with van der Waals surface area (Å²) in [7, 11) is 0. The zero-order chi connectivity index (χ0) is 45.5. The highest BCUT2D eigenvalue weighted by molar-refractivity contribution is 6.76. The molecule has 2 aliphatic rings. The zero-order valence-electron chi connectivity index (χ0n) is 34.6. The molecule has 2 heterocycles. The maximum atomic E-state index is 13.0. The summed E-state index contributed by atoms with van der Waals surface area (Å²) in [6, 6.07) is 27.9. The highest BCUT2D eigenvalue weighted by Gasteiger charge is 2.57. The molecule has 0 spiro atoms. The fourth-order valence-corrected chi connectivity index (χ4v) is 6.78. The lowest BCUT2D eigenvalue weighted by molar-refractivity contribution is -0.370. The molecule has 10 atom stereocenters. The van der Waals surface area contributed by atoms with E-state index in [0.717, 1.165) is 37.5 Å². The average molecular weight is 941 g/mol. The molecule has 342 valence electrons. The summed E-state index contributed by atoms with van der Waals surface area (Å²) in [5.41, 5.74) is 4.38. The molecule has 3 aromatic rings. The molecule has 0 aliphatic carbocycles. The van der Waals surface area contributed by atoms with Crippen LogP contribution in [0.25, 0.3) is 0 Å². The van der Waals surface area contributed by atoms with Gasteiger partial charge in [-0.1, -0.05) is 126 Å². The van der Waals surface area contributed by atoms with Gasteiger partial charge in [-0.25, -0.2) is 10.3 Å². The lowest BCUT2D eigenvalue weighted by atomic mass is 9.96. The Kier molecular flexibility index (Phi) is 18.9. The number of alkyl halides is 3. The van der Waals surface area contributed by atoms with E-state index in [1.165, 1.54) is 6.92 Å². The van der Waals surface area contributed by atoms with E-state index >= 15 is 0 Å². The molecule has 0 aromatic heterocycles. The maximum absolute atomic E-state index is 13.0. The molecule has 0 bridgehead atoms. The largest absolute Gasteiger partial charge is 0.463 e. The molecule has 0 saturated carbocycles. The first kappa shape index (κ1) is 49.6. The van der Waals surface area contributed by atoms with E-state index in [1.54, 1.807) is 0 Å². The molecule has 63 heavy (non-hydrogen) atoms. The first-order valence-electron chi connectivity index (χ1n) is 19.7. The van der Waals surface area contributed by atoms with Crippen molar-refractivity contribution in [3.63, 3.8) is 0 Å². The van der Waals surface area contributed by atoms with E-state index in [4.69, 9.17) is 87.0 Å². The molecule has 3 aromatic carbocycles. The van der Waals surface area contributed by atoms with Crippen molar-refractivity contribution in [3.05, 3.63) is 108 Å². The third-order valence-electron chi connectivity index (χ3n) is 9.32. The van der Waals surface area contributed by atoms with Crippen molar-refractivity contribution in [2.24, 2.45) is 0 Å². The van der Waals surface area contributed by atoms with Gasteiger partial charge in [0.15, 0.2) is 24.6 Å². The number of hydrogen-bond acceptors (Lipinski definition) is 16. The smallest absolute Gasteiger partial charge is 0.303 e. The molecule has 2 aliphatic heterocycles. The van der Waals surface area contributed by atoms with Crippen LogP contribution in [-0.4, -0.2) is 108 Å². The van der Waals surface area contributed by atoms with Crippen LogP contribution in [0, 0.1) is 0 Å². The minimum Gasteiger partial charge on any atom is -0.463 e. The minimum absolute atomic E-state index is 0.00543. The van der Waals surface area contributed by atoms with Crippen LogP contribution in [0.3, 0.4) is 0 Å². The van der Waals surface area contributed by atoms with Crippen molar-refractivity contribution in [2.45, 2.75) is 113 Å². The minimum atomic E-state index is -2.52. The number of esters is 4.